The van der Waals surface area contributed by atoms with Crippen molar-refractivity contribution in [2.24, 2.45) is 11.1 Å². The number of rotatable bonds is 3. The molecule has 1 rings (SSSR count). The Hall–Kier alpha value is -0.830. The van der Waals surface area contributed by atoms with E-state index < -0.39 is 0 Å². The molecule has 1 aromatic heterocycles. The molecule has 0 saturated heterocycles. The molecular formula is C12H23N3. The molecule has 1 aromatic rings. The minimum Gasteiger partial charge on any atom is -0.345 e. The first-order valence-corrected chi connectivity index (χ1v) is 5.64. The first-order valence-electron chi connectivity index (χ1n) is 5.64. The van der Waals surface area contributed by atoms with Crippen molar-refractivity contribution in [3.63, 3.8) is 0 Å². The van der Waals surface area contributed by atoms with E-state index in [1.54, 1.807) is 0 Å². The summed E-state index contributed by atoms with van der Waals surface area (Å²) in [6, 6.07) is 0.0176. The standard InChI is InChI=1S/C12H23N3/c1-6-10-8(2)14-11(15-10)9(13)7-12(3,4)5/h9H,6-7,13H2,1-5H3,(H,14,15). The van der Waals surface area contributed by atoms with Gasteiger partial charge in [-0.3, -0.25) is 0 Å². The highest BCUT2D eigenvalue weighted by Gasteiger charge is 2.19. The van der Waals surface area contributed by atoms with Crippen LogP contribution < -0.4 is 5.73 Å². The van der Waals surface area contributed by atoms with Gasteiger partial charge in [0, 0.05) is 5.69 Å². The Balaban J connectivity index is 2.78. The molecule has 0 aliphatic carbocycles. The Bertz CT molecular complexity index is 320. The van der Waals surface area contributed by atoms with Gasteiger partial charge in [0.2, 0.25) is 0 Å². The number of aromatic amines is 1. The molecule has 3 heteroatoms. The predicted octanol–water partition coefficient (Wildman–Crippen LogP) is 2.72. The Kier molecular flexibility index (Phi) is 3.55. The maximum atomic E-state index is 6.12. The van der Waals surface area contributed by atoms with E-state index in [1.165, 1.54) is 0 Å². The van der Waals surface area contributed by atoms with Crippen molar-refractivity contribution < 1.29 is 0 Å². The van der Waals surface area contributed by atoms with Gasteiger partial charge in [0.15, 0.2) is 0 Å². The highest BCUT2D eigenvalue weighted by atomic mass is 15.0. The zero-order chi connectivity index (χ0) is 11.6. The lowest BCUT2D eigenvalue weighted by molar-refractivity contribution is 0.337. The van der Waals surface area contributed by atoms with E-state index in [-0.39, 0.29) is 11.5 Å². The van der Waals surface area contributed by atoms with Crippen molar-refractivity contribution in [1.29, 1.82) is 0 Å². The van der Waals surface area contributed by atoms with Gasteiger partial charge in [0.1, 0.15) is 5.82 Å². The van der Waals surface area contributed by atoms with E-state index in [9.17, 15) is 0 Å². The lowest BCUT2D eigenvalue weighted by Gasteiger charge is -2.21. The van der Waals surface area contributed by atoms with Gasteiger partial charge in [0.25, 0.3) is 0 Å². The summed E-state index contributed by atoms with van der Waals surface area (Å²) >= 11 is 0. The van der Waals surface area contributed by atoms with Gasteiger partial charge in [-0.25, -0.2) is 4.98 Å². The van der Waals surface area contributed by atoms with Gasteiger partial charge < -0.3 is 10.7 Å². The van der Waals surface area contributed by atoms with Crippen LogP contribution in [0.2, 0.25) is 0 Å². The lowest BCUT2D eigenvalue weighted by atomic mass is 9.88. The zero-order valence-corrected chi connectivity index (χ0v) is 10.5. The van der Waals surface area contributed by atoms with E-state index in [1.807, 2.05) is 0 Å². The normalized spacial score (nSPS) is 14.3. The third kappa shape index (κ3) is 3.34. The molecule has 0 aliphatic rings. The van der Waals surface area contributed by atoms with Crippen LogP contribution in [0, 0.1) is 12.3 Å². The molecule has 1 atom stereocenters. The van der Waals surface area contributed by atoms with Crippen molar-refractivity contribution in [2.45, 2.75) is 53.5 Å². The molecule has 3 N–H and O–H groups in total. The summed E-state index contributed by atoms with van der Waals surface area (Å²) in [6.07, 6.45) is 1.91. The molecule has 0 aromatic carbocycles. The fraction of sp³-hybridized carbons (Fsp3) is 0.750. The largest absolute Gasteiger partial charge is 0.345 e. The number of nitrogens with one attached hydrogen (secondary N) is 1. The van der Waals surface area contributed by atoms with E-state index in [4.69, 9.17) is 5.73 Å². The van der Waals surface area contributed by atoms with Gasteiger partial charge >= 0.3 is 0 Å². The molecule has 15 heavy (non-hydrogen) atoms. The van der Waals surface area contributed by atoms with Crippen LogP contribution in [0.25, 0.3) is 0 Å². The third-order valence-corrected chi connectivity index (χ3v) is 2.52. The first kappa shape index (κ1) is 12.2. The summed E-state index contributed by atoms with van der Waals surface area (Å²) in [6.45, 7) is 10.8. The van der Waals surface area contributed by atoms with E-state index >= 15 is 0 Å². The number of hydrogen-bond acceptors (Lipinski definition) is 2. The van der Waals surface area contributed by atoms with Gasteiger partial charge in [-0.15, -0.1) is 0 Å². The highest BCUT2D eigenvalue weighted by molar-refractivity contribution is 5.14. The number of nitrogens with zero attached hydrogens (tertiary/aromatic N) is 1. The number of nitrogens with two attached hydrogens (primary N) is 1. The first-order chi connectivity index (χ1) is 6.83. The highest BCUT2D eigenvalue weighted by Crippen LogP contribution is 2.26. The van der Waals surface area contributed by atoms with Crippen molar-refractivity contribution in [1.82, 2.24) is 9.97 Å². The predicted molar refractivity (Wildman–Crippen MR) is 63.7 cm³/mol. The molecule has 0 radical (unpaired) electrons. The molecular weight excluding hydrogens is 186 g/mol. The van der Waals surface area contributed by atoms with E-state index in [0.29, 0.717) is 0 Å². The van der Waals surface area contributed by atoms with E-state index in [2.05, 4.69) is 44.6 Å². The molecule has 0 bridgehead atoms. The second kappa shape index (κ2) is 4.35. The average molecular weight is 209 g/mol. The molecule has 0 aliphatic heterocycles. The summed E-state index contributed by atoms with van der Waals surface area (Å²) in [5.74, 6) is 0.930. The van der Waals surface area contributed by atoms with Crippen molar-refractivity contribution in [3.05, 3.63) is 17.2 Å². The second-order valence-electron chi connectivity index (χ2n) is 5.42. The summed E-state index contributed by atoms with van der Waals surface area (Å²) in [5.41, 5.74) is 8.65. The molecule has 0 amide bonds. The maximum Gasteiger partial charge on any atom is 0.123 e. The van der Waals surface area contributed by atoms with Crippen LogP contribution in [0.4, 0.5) is 0 Å². The van der Waals surface area contributed by atoms with Crippen molar-refractivity contribution in [3.8, 4) is 0 Å². The Morgan fingerprint density at radius 2 is 2.00 bits per heavy atom. The van der Waals surface area contributed by atoms with Crippen LogP contribution in [0.15, 0.2) is 0 Å². The number of hydrogen-bond donors (Lipinski definition) is 2. The SMILES string of the molecule is CCc1nc(C(N)CC(C)(C)C)[nH]c1C. The molecule has 0 fully saturated rings. The van der Waals surface area contributed by atoms with Gasteiger partial charge in [-0.2, -0.15) is 0 Å². The molecule has 3 nitrogen and oxygen atoms in total. The minimum atomic E-state index is 0.0176. The fourth-order valence-electron chi connectivity index (χ4n) is 1.80. The number of aryl methyl sites for hydroxylation is 2. The molecule has 1 heterocycles. The van der Waals surface area contributed by atoms with E-state index in [0.717, 1.165) is 30.1 Å². The summed E-state index contributed by atoms with van der Waals surface area (Å²) in [5, 5.41) is 0. The summed E-state index contributed by atoms with van der Waals surface area (Å²) in [4.78, 5) is 7.81. The number of aromatic nitrogens is 2. The third-order valence-electron chi connectivity index (χ3n) is 2.52. The van der Waals surface area contributed by atoms with Gasteiger partial charge in [-0.05, 0) is 25.2 Å². The average Bonchev–Trinajstić information content (AvgIpc) is 2.43. The Labute approximate surface area is 92.5 Å². The van der Waals surface area contributed by atoms with Crippen LogP contribution in [-0.2, 0) is 6.42 Å². The quantitative estimate of drug-likeness (QED) is 0.804. The Morgan fingerprint density at radius 3 is 2.40 bits per heavy atom. The summed E-state index contributed by atoms with van der Waals surface area (Å²) in [7, 11) is 0. The van der Waals surface area contributed by atoms with Crippen LogP contribution >= 0.6 is 0 Å². The Morgan fingerprint density at radius 1 is 1.40 bits per heavy atom. The maximum absolute atomic E-state index is 6.12. The van der Waals surface area contributed by atoms with Crippen LogP contribution in [0.1, 0.15) is 57.4 Å². The summed E-state index contributed by atoms with van der Waals surface area (Å²) < 4.78 is 0. The van der Waals surface area contributed by atoms with Crippen LogP contribution in [0.5, 0.6) is 0 Å². The number of imidazole rings is 1. The fourth-order valence-corrected chi connectivity index (χ4v) is 1.80. The molecule has 1 unspecified atom stereocenters. The van der Waals surface area contributed by atoms with Crippen LogP contribution in [0.3, 0.4) is 0 Å². The van der Waals surface area contributed by atoms with Gasteiger partial charge in [0.05, 0.1) is 11.7 Å². The molecule has 86 valence electrons. The van der Waals surface area contributed by atoms with Crippen molar-refractivity contribution >= 4 is 0 Å². The minimum absolute atomic E-state index is 0.0176. The monoisotopic (exact) mass is 209 g/mol. The van der Waals surface area contributed by atoms with Crippen LogP contribution in [-0.4, -0.2) is 9.97 Å². The topological polar surface area (TPSA) is 54.7 Å². The zero-order valence-electron chi connectivity index (χ0n) is 10.5. The molecule has 0 spiro atoms. The number of H-pyrrole nitrogens is 1. The lowest BCUT2D eigenvalue weighted by Crippen LogP contribution is -2.19. The van der Waals surface area contributed by atoms with Crippen molar-refractivity contribution in [2.75, 3.05) is 0 Å². The second-order valence-corrected chi connectivity index (χ2v) is 5.42. The molecule has 0 saturated carbocycles. The van der Waals surface area contributed by atoms with Gasteiger partial charge in [-0.1, -0.05) is 27.7 Å². The smallest absolute Gasteiger partial charge is 0.123 e.